The minimum atomic E-state index is -0.188. The van der Waals surface area contributed by atoms with Crippen molar-refractivity contribution in [1.29, 1.82) is 0 Å². The first-order chi connectivity index (χ1) is 9.26. The molecular weight excluding hydrogens is 262 g/mol. The van der Waals surface area contributed by atoms with Crippen molar-refractivity contribution in [3.05, 3.63) is 30.1 Å². The zero-order chi connectivity index (χ0) is 13.7. The van der Waals surface area contributed by atoms with Crippen LogP contribution in [0, 0.1) is 0 Å². The Balaban J connectivity index is 2.16. The van der Waals surface area contributed by atoms with Gasteiger partial charge in [0.2, 0.25) is 0 Å². The molecule has 0 aromatic carbocycles. The van der Waals surface area contributed by atoms with Crippen LogP contribution in [0.5, 0.6) is 0 Å². The lowest BCUT2D eigenvalue weighted by molar-refractivity contribution is -0.140. The smallest absolute Gasteiger partial charge is 0.306 e. The number of carbonyl (C=O) groups excluding carboxylic acids is 1. The summed E-state index contributed by atoms with van der Waals surface area (Å²) in [5.41, 5.74) is 2.04. The highest BCUT2D eigenvalue weighted by Gasteiger charge is 2.12. The van der Waals surface area contributed by atoms with Crippen LogP contribution in [0.15, 0.2) is 29.4 Å². The van der Waals surface area contributed by atoms with E-state index in [0.717, 1.165) is 22.9 Å². The van der Waals surface area contributed by atoms with E-state index in [9.17, 15) is 4.79 Å². The van der Waals surface area contributed by atoms with Crippen molar-refractivity contribution >= 4 is 23.4 Å². The van der Waals surface area contributed by atoms with E-state index >= 15 is 0 Å². The molecular formula is C13H17N3O2S. The number of methoxy groups -OCH3 is 1. The minimum Gasteiger partial charge on any atom is -0.469 e. The first-order valence-corrected chi connectivity index (χ1v) is 7.05. The van der Waals surface area contributed by atoms with Crippen LogP contribution >= 0.6 is 11.8 Å². The van der Waals surface area contributed by atoms with Gasteiger partial charge in [0.05, 0.1) is 19.2 Å². The second kappa shape index (κ2) is 6.58. The molecule has 0 fully saturated rings. The molecule has 6 heteroatoms. The third kappa shape index (κ3) is 3.27. The second-order valence-corrected chi connectivity index (χ2v) is 5.08. The number of rotatable bonds is 6. The number of hydrogen-bond acceptors (Lipinski definition) is 5. The van der Waals surface area contributed by atoms with Crippen molar-refractivity contribution in [2.75, 3.05) is 19.9 Å². The van der Waals surface area contributed by atoms with Crippen LogP contribution in [0.3, 0.4) is 0 Å². The Labute approximate surface area is 116 Å². The molecule has 2 heterocycles. The summed E-state index contributed by atoms with van der Waals surface area (Å²) in [6, 6.07) is 5.93. The number of ether oxygens (including phenoxy) is 1. The molecule has 0 atom stereocenters. The third-order valence-corrected chi connectivity index (χ3v) is 3.72. The summed E-state index contributed by atoms with van der Waals surface area (Å²) in [6.07, 6.45) is 2.40. The van der Waals surface area contributed by atoms with Crippen LogP contribution < -0.4 is 5.32 Å². The van der Waals surface area contributed by atoms with Crippen molar-refractivity contribution in [2.45, 2.75) is 18.0 Å². The zero-order valence-electron chi connectivity index (χ0n) is 11.0. The maximum atomic E-state index is 11.1. The molecule has 0 bridgehead atoms. The molecule has 19 heavy (non-hydrogen) atoms. The molecule has 2 aromatic heterocycles. The number of pyridine rings is 1. The first-order valence-electron chi connectivity index (χ1n) is 6.06. The quantitative estimate of drug-likeness (QED) is 0.644. The van der Waals surface area contributed by atoms with Gasteiger partial charge in [-0.15, -0.1) is 11.8 Å². The number of nitrogens with zero attached hydrogens (tertiary/aromatic N) is 2. The summed E-state index contributed by atoms with van der Waals surface area (Å²) in [4.78, 5) is 15.7. The van der Waals surface area contributed by atoms with Gasteiger partial charge < -0.3 is 14.5 Å². The van der Waals surface area contributed by atoms with Gasteiger partial charge in [0.25, 0.3) is 0 Å². The molecule has 0 spiro atoms. The molecule has 0 saturated heterocycles. The highest BCUT2D eigenvalue weighted by atomic mass is 32.2. The Morgan fingerprint density at radius 3 is 3.11 bits per heavy atom. The number of thioether (sulfide) groups is 1. The molecule has 0 aliphatic rings. The Morgan fingerprint density at radius 1 is 1.53 bits per heavy atom. The fraction of sp³-hybridized carbons (Fsp3) is 0.385. The van der Waals surface area contributed by atoms with Gasteiger partial charge in [-0.2, -0.15) is 0 Å². The van der Waals surface area contributed by atoms with Crippen LogP contribution in [-0.4, -0.2) is 35.3 Å². The third-order valence-electron chi connectivity index (χ3n) is 2.71. The number of hydrogen-bond donors (Lipinski definition) is 1. The van der Waals surface area contributed by atoms with Gasteiger partial charge in [-0.1, -0.05) is 6.07 Å². The van der Waals surface area contributed by atoms with Crippen molar-refractivity contribution in [2.24, 2.45) is 0 Å². The van der Waals surface area contributed by atoms with Crippen LogP contribution in [0.1, 0.15) is 12.1 Å². The average molecular weight is 279 g/mol. The Hall–Kier alpha value is -1.53. The lowest BCUT2D eigenvalue weighted by atomic mass is 10.4. The second-order valence-electron chi connectivity index (χ2n) is 4.00. The normalized spacial score (nSPS) is 10.8. The molecule has 1 N–H and O–H groups in total. The van der Waals surface area contributed by atoms with E-state index in [0.29, 0.717) is 12.2 Å². The fourth-order valence-electron chi connectivity index (χ4n) is 1.80. The summed E-state index contributed by atoms with van der Waals surface area (Å²) >= 11 is 1.58. The fourth-order valence-corrected chi connectivity index (χ4v) is 2.76. The summed E-state index contributed by atoms with van der Waals surface area (Å²) in [5, 5.41) is 4.11. The standard InChI is InChI=1S/C13H17N3O2S/c1-14-9-10-13(19-8-6-12(17)18-2)15-11-5-3-4-7-16(10)11/h3-5,7,14H,6,8-9H2,1-2H3. The summed E-state index contributed by atoms with van der Waals surface area (Å²) in [6.45, 7) is 0.742. The van der Waals surface area contributed by atoms with Crippen LogP contribution in [0.25, 0.3) is 5.65 Å². The molecule has 5 nitrogen and oxygen atoms in total. The van der Waals surface area contributed by atoms with E-state index in [1.165, 1.54) is 7.11 Å². The number of carbonyl (C=O) groups is 1. The molecule has 0 aliphatic carbocycles. The van der Waals surface area contributed by atoms with Gasteiger partial charge in [-0.25, -0.2) is 4.98 Å². The van der Waals surface area contributed by atoms with Gasteiger partial charge >= 0.3 is 5.97 Å². The molecule has 0 radical (unpaired) electrons. The highest BCUT2D eigenvalue weighted by Crippen LogP contribution is 2.24. The SMILES string of the molecule is CNCc1c(SCCC(=O)OC)nc2ccccn12. The number of fused-ring (bicyclic) bond motifs is 1. The predicted octanol–water partition coefficient (Wildman–Crippen LogP) is 1.71. The summed E-state index contributed by atoms with van der Waals surface area (Å²) < 4.78 is 6.70. The van der Waals surface area contributed by atoms with Gasteiger partial charge in [-0.05, 0) is 19.2 Å². The largest absolute Gasteiger partial charge is 0.469 e. The molecule has 0 saturated carbocycles. The molecule has 0 amide bonds. The highest BCUT2D eigenvalue weighted by molar-refractivity contribution is 7.99. The maximum absolute atomic E-state index is 11.1. The minimum absolute atomic E-state index is 0.188. The van der Waals surface area contributed by atoms with Gasteiger partial charge in [0, 0.05) is 18.5 Å². The number of imidazole rings is 1. The maximum Gasteiger partial charge on any atom is 0.306 e. The first kappa shape index (κ1) is 13.9. The lowest BCUT2D eigenvalue weighted by Crippen LogP contribution is -2.08. The van der Waals surface area contributed by atoms with Crippen molar-refractivity contribution < 1.29 is 9.53 Å². The summed E-state index contributed by atoms with van der Waals surface area (Å²) in [7, 11) is 3.32. The van der Waals surface area contributed by atoms with E-state index in [1.54, 1.807) is 11.8 Å². The number of aromatic nitrogens is 2. The molecule has 0 unspecified atom stereocenters. The van der Waals surface area contributed by atoms with Crippen LogP contribution in [0.4, 0.5) is 0 Å². The van der Waals surface area contributed by atoms with E-state index in [4.69, 9.17) is 0 Å². The topological polar surface area (TPSA) is 55.6 Å². The monoisotopic (exact) mass is 279 g/mol. The average Bonchev–Trinajstić information content (AvgIpc) is 2.77. The van der Waals surface area contributed by atoms with Crippen LogP contribution in [-0.2, 0) is 16.1 Å². The zero-order valence-corrected chi connectivity index (χ0v) is 11.9. The molecule has 102 valence electrons. The number of nitrogens with one attached hydrogen (secondary N) is 1. The van der Waals surface area contributed by atoms with E-state index in [2.05, 4.69) is 19.4 Å². The predicted molar refractivity (Wildman–Crippen MR) is 75.3 cm³/mol. The molecule has 2 aromatic rings. The molecule has 2 rings (SSSR count). The van der Waals surface area contributed by atoms with Gasteiger partial charge in [0.1, 0.15) is 10.7 Å². The van der Waals surface area contributed by atoms with Crippen molar-refractivity contribution in [3.63, 3.8) is 0 Å². The van der Waals surface area contributed by atoms with Gasteiger partial charge in [-0.3, -0.25) is 4.79 Å². The number of esters is 1. The summed E-state index contributed by atoms with van der Waals surface area (Å²) in [5.74, 6) is 0.485. The van der Waals surface area contributed by atoms with E-state index in [-0.39, 0.29) is 5.97 Å². The van der Waals surface area contributed by atoms with E-state index in [1.807, 2.05) is 31.4 Å². The van der Waals surface area contributed by atoms with Crippen molar-refractivity contribution in [1.82, 2.24) is 14.7 Å². The Bertz CT molecular complexity index is 568. The van der Waals surface area contributed by atoms with E-state index < -0.39 is 0 Å². The van der Waals surface area contributed by atoms with Crippen molar-refractivity contribution in [3.8, 4) is 0 Å². The Morgan fingerprint density at radius 2 is 2.37 bits per heavy atom. The van der Waals surface area contributed by atoms with Crippen LogP contribution in [0.2, 0.25) is 0 Å². The lowest BCUT2D eigenvalue weighted by Gasteiger charge is -2.03. The van der Waals surface area contributed by atoms with Gasteiger partial charge in [0.15, 0.2) is 0 Å². The Kier molecular flexibility index (Phi) is 4.81. The molecule has 0 aliphatic heterocycles.